The maximum absolute atomic E-state index is 10.2. The van der Waals surface area contributed by atoms with E-state index in [1.54, 1.807) is 12.5 Å². The van der Waals surface area contributed by atoms with Crippen LogP contribution in [0, 0.1) is 46.3 Å². The maximum atomic E-state index is 10.2. The summed E-state index contributed by atoms with van der Waals surface area (Å²) >= 11 is 0. The number of fused-ring (bicyclic) bond motifs is 7. The van der Waals surface area contributed by atoms with Crippen LogP contribution in [0.4, 0.5) is 0 Å². The van der Waals surface area contributed by atoms with Crippen LogP contribution in [0.2, 0.25) is 0 Å². The number of hydrazine groups is 2. The van der Waals surface area contributed by atoms with Crippen LogP contribution in [0.5, 0.6) is 0 Å². The number of nitrogens with one attached hydrogen (secondary N) is 2. The van der Waals surface area contributed by atoms with Crippen molar-refractivity contribution in [2.45, 2.75) is 148 Å². The minimum absolute atomic E-state index is 0.165. The van der Waals surface area contributed by atoms with Crippen molar-refractivity contribution < 1.29 is 39.0 Å². The van der Waals surface area contributed by atoms with Crippen molar-refractivity contribution in [3.63, 3.8) is 0 Å². The van der Waals surface area contributed by atoms with Crippen LogP contribution in [0.15, 0.2) is 23.5 Å². The molecule has 5 N–H and O–H groups in total. The first-order chi connectivity index (χ1) is 23.9. The molecular weight excluding hydrogens is 638 g/mol. The van der Waals surface area contributed by atoms with Crippen molar-refractivity contribution in [1.29, 1.82) is 0 Å². The molecule has 1 unspecified atom stereocenters. The number of allylic oxidation sites excluding steroid dienone is 1. The Hall–Kier alpha value is -1.28. The van der Waals surface area contributed by atoms with Gasteiger partial charge in [-0.1, -0.05) is 39.3 Å². The van der Waals surface area contributed by atoms with E-state index in [9.17, 15) is 15.3 Å². The lowest BCUT2D eigenvalue weighted by molar-refractivity contribution is -0.291. The molecule has 8 rings (SSSR count). The van der Waals surface area contributed by atoms with E-state index in [2.05, 4.69) is 44.7 Å². The van der Waals surface area contributed by atoms with E-state index in [0.717, 1.165) is 62.3 Å². The molecule has 50 heavy (non-hydrogen) atoms. The van der Waals surface area contributed by atoms with Gasteiger partial charge < -0.3 is 44.4 Å². The molecule has 0 radical (unpaired) electrons. The Balaban J connectivity index is 0.805. The fourth-order valence-electron chi connectivity index (χ4n) is 12.2. The van der Waals surface area contributed by atoms with E-state index in [1.165, 1.54) is 38.5 Å². The highest BCUT2D eigenvalue weighted by Crippen LogP contribution is 2.70. The van der Waals surface area contributed by atoms with Gasteiger partial charge in [-0.05, 0) is 105 Å². The maximum Gasteiger partial charge on any atom is 0.186 e. The number of hydrogen-bond acceptors (Lipinski definition) is 11. The van der Waals surface area contributed by atoms with Crippen LogP contribution in [0.1, 0.15) is 98.8 Å². The predicted octanol–water partition coefficient (Wildman–Crippen LogP) is 4.14. The third-order valence-corrected chi connectivity index (χ3v) is 15.1. The summed E-state index contributed by atoms with van der Waals surface area (Å²) in [6, 6.07) is 0. The molecule has 0 aromatic heterocycles. The fourth-order valence-corrected chi connectivity index (χ4v) is 12.2. The number of nitrogens with zero attached hydrogens (tertiary/aromatic N) is 1. The summed E-state index contributed by atoms with van der Waals surface area (Å²) < 4.78 is 31.2. The fraction of sp³-hybridized carbons (Fsp3) is 0.897. The predicted molar refractivity (Wildman–Crippen MR) is 185 cm³/mol. The molecular formula is C39H63N3O8. The average molecular weight is 702 g/mol. The molecule has 0 amide bonds. The summed E-state index contributed by atoms with van der Waals surface area (Å²) in [4.78, 5) is 0. The molecule has 3 saturated heterocycles. The average Bonchev–Trinajstić information content (AvgIpc) is 3.76. The van der Waals surface area contributed by atoms with Gasteiger partial charge in [0.1, 0.15) is 18.3 Å². The molecule has 0 bridgehead atoms. The number of hydrogen-bond donors (Lipinski definition) is 5. The Morgan fingerprint density at radius 1 is 0.980 bits per heavy atom. The van der Waals surface area contributed by atoms with Gasteiger partial charge in [-0.3, -0.25) is 5.01 Å². The molecule has 11 heteroatoms. The molecule has 4 aliphatic carbocycles. The SMILES string of the molecule is CC1CC[C@@]2(OC1)O[C@H]1C[C@H]3[C@@H]4CC=C5C[C@@H](OCCCN6C=C(CO[C@@H]7O[C@@H](C)[C@H](O)[C@@H](O)[C@H]7O)NN6)CC[C@]5(C)[C@H]4CC[C@]3(C)[C@H]1[C@@H]2C. The minimum atomic E-state index is -1.31. The lowest BCUT2D eigenvalue weighted by Crippen LogP contribution is -2.57. The number of aliphatic hydroxyl groups excluding tert-OH is 3. The van der Waals surface area contributed by atoms with Crippen molar-refractivity contribution in [2.24, 2.45) is 46.3 Å². The highest BCUT2D eigenvalue weighted by atomic mass is 16.7. The zero-order chi connectivity index (χ0) is 35.0. The van der Waals surface area contributed by atoms with E-state index in [4.69, 9.17) is 23.7 Å². The second kappa shape index (κ2) is 13.5. The standard InChI is InChI=1S/C39H63N3O8/c1-22-9-14-39(48-20-22)23(2)32-31(50-39)18-30-28-8-7-25-17-27(10-12-37(25,4)29(28)11-13-38(30,32)5)46-16-6-15-42-19-26(40-41-42)21-47-36-35(45)34(44)33(43)24(3)49-36/h7,19,22-24,27-36,40-41,43-45H,6,8-18,20-21H2,1-5H3/t22?,23-,24-,27-,28+,29-,30-,31-,32-,33-,34+,35+,36+,37-,38-,39+/m0/s1. The summed E-state index contributed by atoms with van der Waals surface area (Å²) in [7, 11) is 0. The summed E-state index contributed by atoms with van der Waals surface area (Å²) in [5.74, 6) is 3.67. The zero-order valence-corrected chi connectivity index (χ0v) is 30.9. The van der Waals surface area contributed by atoms with Crippen LogP contribution in [-0.4, -0.2) is 95.4 Å². The van der Waals surface area contributed by atoms with E-state index in [0.29, 0.717) is 41.3 Å². The van der Waals surface area contributed by atoms with Crippen LogP contribution < -0.4 is 11.0 Å². The molecule has 0 aromatic carbocycles. The smallest absolute Gasteiger partial charge is 0.186 e. The quantitative estimate of drug-likeness (QED) is 0.185. The van der Waals surface area contributed by atoms with Crippen LogP contribution in [0.3, 0.4) is 0 Å². The molecule has 11 nitrogen and oxygen atoms in total. The first kappa shape index (κ1) is 35.7. The highest BCUT2D eigenvalue weighted by Gasteiger charge is 2.68. The van der Waals surface area contributed by atoms with E-state index < -0.39 is 30.7 Å². The first-order valence-corrected chi connectivity index (χ1v) is 19.8. The topological polar surface area (TPSA) is 134 Å². The van der Waals surface area contributed by atoms with Gasteiger partial charge in [0.05, 0.1) is 37.2 Å². The Morgan fingerprint density at radius 2 is 1.82 bits per heavy atom. The van der Waals surface area contributed by atoms with E-state index >= 15 is 0 Å². The van der Waals surface area contributed by atoms with Crippen LogP contribution in [-0.2, 0) is 23.7 Å². The molecule has 16 atom stereocenters. The summed E-state index contributed by atoms with van der Waals surface area (Å²) in [6.45, 7) is 14.1. The second-order valence-corrected chi connectivity index (χ2v) is 17.9. The highest BCUT2D eigenvalue weighted by molar-refractivity contribution is 5.26. The Labute approximate surface area is 298 Å². The van der Waals surface area contributed by atoms with Gasteiger partial charge in [-0.2, -0.15) is 0 Å². The Morgan fingerprint density at radius 3 is 2.62 bits per heavy atom. The molecule has 8 aliphatic rings. The van der Waals surface area contributed by atoms with Gasteiger partial charge in [0, 0.05) is 31.7 Å². The summed E-state index contributed by atoms with van der Waals surface area (Å²) in [6.07, 6.45) is 11.5. The third kappa shape index (κ3) is 5.99. The molecule has 3 saturated carbocycles. The minimum Gasteiger partial charge on any atom is -0.388 e. The van der Waals surface area contributed by atoms with Gasteiger partial charge in [0.2, 0.25) is 0 Å². The van der Waals surface area contributed by atoms with Crippen molar-refractivity contribution in [3.05, 3.63) is 23.5 Å². The molecule has 4 heterocycles. The van der Waals surface area contributed by atoms with Crippen molar-refractivity contribution >= 4 is 0 Å². The second-order valence-electron chi connectivity index (χ2n) is 17.9. The van der Waals surface area contributed by atoms with Gasteiger partial charge in [0.15, 0.2) is 12.1 Å². The largest absolute Gasteiger partial charge is 0.388 e. The van der Waals surface area contributed by atoms with Crippen molar-refractivity contribution in [3.8, 4) is 0 Å². The third-order valence-electron chi connectivity index (χ3n) is 15.1. The lowest BCUT2D eigenvalue weighted by atomic mass is 9.47. The number of aliphatic hydroxyl groups is 3. The Bertz CT molecular complexity index is 1310. The van der Waals surface area contributed by atoms with Gasteiger partial charge >= 0.3 is 0 Å². The monoisotopic (exact) mass is 701 g/mol. The molecule has 6 fully saturated rings. The van der Waals surface area contributed by atoms with Crippen LogP contribution in [0.25, 0.3) is 0 Å². The zero-order valence-electron chi connectivity index (χ0n) is 30.9. The normalized spacial score (nSPS) is 51.4. The van der Waals surface area contributed by atoms with Crippen molar-refractivity contribution in [2.75, 3.05) is 26.4 Å². The number of rotatable bonds is 8. The summed E-state index contributed by atoms with van der Waals surface area (Å²) in [5.41, 5.74) is 9.30. The number of ether oxygens (including phenoxy) is 5. The molecule has 4 aliphatic heterocycles. The van der Waals surface area contributed by atoms with E-state index in [-0.39, 0.29) is 18.5 Å². The Kier molecular flexibility index (Phi) is 9.67. The summed E-state index contributed by atoms with van der Waals surface area (Å²) in [5, 5.41) is 32.1. The molecule has 282 valence electrons. The lowest BCUT2D eigenvalue weighted by Gasteiger charge is -2.58. The van der Waals surface area contributed by atoms with Gasteiger partial charge in [-0.15, -0.1) is 5.53 Å². The van der Waals surface area contributed by atoms with E-state index in [1.807, 2.05) is 11.2 Å². The van der Waals surface area contributed by atoms with Gasteiger partial charge in [0.25, 0.3) is 0 Å². The first-order valence-electron chi connectivity index (χ1n) is 19.8. The van der Waals surface area contributed by atoms with Crippen molar-refractivity contribution in [1.82, 2.24) is 16.0 Å². The molecule has 1 spiro atoms. The van der Waals surface area contributed by atoms with Gasteiger partial charge in [-0.25, -0.2) is 0 Å². The molecule has 0 aromatic rings. The van der Waals surface area contributed by atoms with Crippen LogP contribution >= 0.6 is 0 Å².